The van der Waals surface area contributed by atoms with Crippen molar-refractivity contribution in [1.29, 1.82) is 5.26 Å². The van der Waals surface area contributed by atoms with Gasteiger partial charge in [0.15, 0.2) is 0 Å². The zero-order valence-electron chi connectivity index (χ0n) is 11.7. The van der Waals surface area contributed by atoms with Gasteiger partial charge in [-0.05, 0) is 32.4 Å². The normalized spacial score (nSPS) is 32.5. The van der Waals surface area contributed by atoms with Crippen molar-refractivity contribution in [3.8, 4) is 6.07 Å². The number of hydrogen-bond donors (Lipinski definition) is 2. The Morgan fingerprint density at radius 1 is 1.60 bits per heavy atom. The third-order valence-corrected chi connectivity index (χ3v) is 4.01. The lowest BCUT2D eigenvalue weighted by Crippen LogP contribution is -2.52. The van der Waals surface area contributed by atoms with Gasteiger partial charge in [0, 0.05) is 18.0 Å². The predicted molar refractivity (Wildman–Crippen MR) is 78.2 cm³/mol. The predicted octanol–water partition coefficient (Wildman–Crippen LogP) is 2.02. The summed E-state index contributed by atoms with van der Waals surface area (Å²) in [5.41, 5.74) is 0.993. The van der Waals surface area contributed by atoms with Crippen molar-refractivity contribution < 1.29 is 9.84 Å². The standard InChI is InChI=1S/C15H19ClN2O2/c1-10-15(2,19)14(18-7-3-6-16)12-8-11(9-17)4-5-13(12)20-10/h4-5,8,10,13,18-19H,3,6-7H2,1-2H3/t10-,13+,15?/m1/s1. The van der Waals surface area contributed by atoms with Crippen LogP contribution in [0.3, 0.4) is 0 Å². The molecule has 20 heavy (non-hydrogen) atoms. The summed E-state index contributed by atoms with van der Waals surface area (Å²) < 4.78 is 5.82. The lowest BCUT2D eigenvalue weighted by molar-refractivity contribution is -0.0966. The first-order valence-corrected chi connectivity index (χ1v) is 7.26. The summed E-state index contributed by atoms with van der Waals surface area (Å²) in [5.74, 6) is 0.562. The van der Waals surface area contributed by atoms with Crippen LogP contribution in [0.15, 0.2) is 35.1 Å². The summed E-state index contributed by atoms with van der Waals surface area (Å²) >= 11 is 5.69. The molecular formula is C15H19ClN2O2. The van der Waals surface area contributed by atoms with Gasteiger partial charge in [-0.1, -0.05) is 6.08 Å². The lowest BCUT2D eigenvalue weighted by Gasteiger charge is -2.42. The van der Waals surface area contributed by atoms with Crippen molar-refractivity contribution in [1.82, 2.24) is 5.32 Å². The topological polar surface area (TPSA) is 65.3 Å². The van der Waals surface area contributed by atoms with Crippen LogP contribution in [0.1, 0.15) is 20.3 Å². The molecule has 0 radical (unpaired) electrons. The van der Waals surface area contributed by atoms with Crippen LogP contribution in [0.5, 0.6) is 0 Å². The van der Waals surface area contributed by atoms with Crippen molar-refractivity contribution in [2.45, 2.75) is 38.1 Å². The third-order valence-electron chi connectivity index (χ3n) is 3.75. The minimum absolute atomic E-state index is 0.221. The van der Waals surface area contributed by atoms with E-state index in [1.54, 1.807) is 19.1 Å². The van der Waals surface area contributed by atoms with E-state index in [0.717, 1.165) is 17.7 Å². The molecule has 1 aliphatic heterocycles. The van der Waals surface area contributed by atoms with E-state index >= 15 is 0 Å². The van der Waals surface area contributed by atoms with E-state index < -0.39 is 5.60 Å². The Morgan fingerprint density at radius 2 is 2.35 bits per heavy atom. The SMILES string of the molecule is C[C@H]1O[C@H]2C=CC(C#N)=CC2=C(NCCCCl)C1(C)O. The summed E-state index contributed by atoms with van der Waals surface area (Å²) in [6.07, 6.45) is 5.62. The Balaban J connectivity index is 2.40. The molecule has 0 fully saturated rings. The fourth-order valence-electron chi connectivity index (χ4n) is 2.40. The molecule has 3 atom stereocenters. The zero-order chi connectivity index (χ0) is 14.8. The Bertz CT molecular complexity index is 514. The largest absolute Gasteiger partial charge is 0.386 e. The van der Waals surface area contributed by atoms with Gasteiger partial charge in [0.1, 0.15) is 11.7 Å². The molecule has 0 aromatic heterocycles. The van der Waals surface area contributed by atoms with Crippen molar-refractivity contribution >= 4 is 11.6 Å². The maximum Gasteiger partial charge on any atom is 0.127 e. The number of halogens is 1. The molecule has 0 spiro atoms. The third kappa shape index (κ3) is 2.76. The van der Waals surface area contributed by atoms with Gasteiger partial charge in [0.05, 0.1) is 23.4 Å². The molecule has 0 amide bonds. The van der Waals surface area contributed by atoms with Crippen LogP contribution in [0.2, 0.25) is 0 Å². The van der Waals surface area contributed by atoms with E-state index in [0.29, 0.717) is 18.0 Å². The minimum Gasteiger partial charge on any atom is -0.386 e. The van der Waals surface area contributed by atoms with Crippen molar-refractivity contribution in [3.63, 3.8) is 0 Å². The molecular weight excluding hydrogens is 276 g/mol. The van der Waals surface area contributed by atoms with Crippen LogP contribution >= 0.6 is 11.6 Å². The molecule has 1 aliphatic carbocycles. The van der Waals surface area contributed by atoms with Crippen LogP contribution in [0, 0.1) is 11.3 Å². The van der Waals surface area contributed by atoms with Gasteiger partial charge in [-0.25, -0.2) is 0 Å². The monoisotopic (exact) mass is 294 g/mol. The molecule has 0 aromatic carbocycles. The van der Waals surface area contributed by atoms with Crippen LogP contribution < -0.4 is 5.32 Å². The number of hydrogen-bond acceptors (Lipinski definition) is 4. The number of allylic oxidation sites excluding steroid dienone is 2. The first kappa shape index (κ1) is 15.1. The first-order valence-electron chi connectivity index (χ1n) is 6.73. The number of ether oxygens (including phenoxy) is 1. The highest BCUT2D eigenvalue weighted by Crippen LogP contribution is 2.36. The van der Waals surface area contributed by atoms with Crippen molar-refractivity contribution in [3.05, 3.63) is 35.1 Å². The average Bonchev–Trinajstić information content (AvgIpc) is 2.43. The summed E-state index contributed by atoms with van der Waals surface area (Å²) in [7, 11) is 0. The Hall–Kier alpha value is -1.28. The molecule has 0 aromatic rings. The molecule has 1 heterocycles. The highest BCUT2D eigenvalue weighted by molar-refractivity contribution is 6.17. The van der Waals surface area contributed by atoms with Crippen LogP contribution in [-0.2, 0) is 4.74 Å². The molecule has 0 saturated carbocycles. The first-order chi connectivity index (χ1) is 9.50. The van der Waals surface area contributed by atoms with Crippen molar-refractivity contribution in [2.75, 3.05) is 12.4 Å². The average molecular weight is 295 g/mol. The summed E-state index contributed by atoms with van der Waals surface area (Å²) in [5, 5.41) is 23.0. The van der Waals surface area contributed by atoms with E-state index in [2.05, 4.69) is 11.4 Å². The second-order valence-corrected chi connectivity index (χ2v) is 5.59. The van der Waals surface area contributed by atoms with Gasteiger partial charge in [-0.3, -0.25) is 0 Å². The fourth-order valence-corrected chi connectivity index (χ4v) is 2.54. The molecule has 2 N–H and O–H groups in total. The van der Waals surface area contributed by atoms with Crippen LogP contribution in [0.4, 0.5) is 0 Å². The highest BCUT2D eigenvalue weighted by Gasteiger charge is 2.42. The Kier molecular flexibility index (Phi) is 4.54. The molecule has 108 valence electrons. The van der Waals surface area contributed by atoms with Gasteiger partial charge < -0.3 is 15.2 Å². The second kappa shape index (κ2) is 6.01. The van der Waals surface area contributed by atoms with E-state index in [4.69, 9.17) is 21.6 Å². The Morgan fingerprint density at radius 3 is 3.00 bits per heavy atom. The maximum atomic E-state index is 10.7. The number of fused-ring (bicyclic) bond motifs is 1. The van der Waals surface area contributed by atoms with Gasteiger partial charge in [-0.2, -0.15) is 5.26 Å². The van der Waals surface area contributed by atoms with Gasteiger partial charge in [-0.15, -0.1) is 11.6 Å². The second-order valence-electron chi connectivity index (χ2n) is 5.22. The number of nitriles is 1. The van der Waals surface area contributed by atoms with E-state index in [1.165, 1.54) is 0 Å². The number of rotatable bonds is 4. The van der Waals surface area contributed by atoms with E-state index in [9.17, 15) is 5.11 Å². The quantitative estimate of drug-likeness (QED) is 0.615. The summed E-state index contributed by atoms with van der Waals surface area (Å²) in [4.78, 5) is 0. The van der Waals surface area contributed by atoms with Crippen LogP contribution in [0.25, 0.3) is 0 Å². The van der Waals surface area contributed by atoms with Gasteiger partial charge in [0.2, 0.25) is 0 Å². The molecule has 4 nitrogen and oxygen atoms in total. The summed E-state index contributed by atoms with van der Waals surface area (Å²) in [6.45, 7) is 4.25. The van der Waals surface area contributed by atoms with Crippen molar-refractivity contribution in [2.24, 2.45) is 0 Å². The van der Waals surface area contributed by atoms with Crippen LogP contribution in [-0.4, -0.2) is 35.3 Å². The van der Waals surface area contributed by atoms with Gasteiger partial charge >= 0.3 is 0 Å². The van der Waals surface area contributed by atoms with E-state index in [-0.39, 0.29) is 12.2 Å². The molecule has 1 unspecified atom stereocenters. The fraction of sp³-hybridized carbons (Fsp3) is 0.533. The number of nitrogens with zero attached hydrogens (tertiary/aromatic N) is 1. The molecule has 2 rings (SSSR count). The molecule has 0 bridgehead atoms. The van der Waals surface area contributed by atoms with E-state index in [1.807, 2.05) is 13.0 Å². The highest BCUT2D eigenvalue weighted by atomic mass is 35.5. The lowest BCUT2D eigenvalue weighted by atomic mass is 9.84. The smallest absolute Gasteiger partial charge is 0.127 e. The van der Waals surface area contributed by atoms with Gasteiger partial charge in [0.25, 0.3) is 0 Å². The minimum atomic E-state index is -1.11. The Labute approximate surface area is 124 Å². The molecule has 2 aliphatic rings. The molecule has 0 saturated heterocycles. The maximum absolute atomic E-state index is 10.7. The number of nitrogens with one attached hydrogen (secondary N) is 1. The molecule has 5 heteroatoms. The number of alkyl halides is 1. The zero-order valence-corrected chi connectivity index (χ0v) is 12.4. The summed E-state index contributed by atoms with van der Waals surface area (Å²) in [6, 6.07) is 2.12. The number of aliphatic hydroxyl groups is 1.